The number of nitrogens with zero attached hydrogens (tertiary/aromatic N) is 1. The lowest BCUT2D eigenvalue weighted by molar-refractivity contribution is -0.123. The highest BCUT2D eigenvalue weighted by atomic mass is 16.2. The second-order valence-corrected chi connectivity index (χ2v) is 4.50. The summed E-state index contributed by atoms with van der Waals surface area (Å²) in [4.78, 5) is 34.8. The topological polar surface area (TPSA) is 78.5 Å². The molecule has 1 rings (SSSR count). The van der Waals surface area contributed by atoms with E-state index in [1.807, 2.05) is 20.8 Å². The maximum absolute atomic E-state index is 11.6. The van der Waals surface area contributed by atoms with Crippen LogP contribution in [0.25, 0.3) is 0 Å². The Balaban J connectivity index is 2.46. The third-order valence-electron chi connectivity index (χ3n) is 2.56. The molecule has 1 heterocycles. The van der Waals surface area contributed by atoms with Crippen molar-refractivity contribution in [3.05, 3.63) is 0 Å². The largest absolute Gasteiger partial charge is 0.350 e. The monoisotopic (exact) mass is 227 g/mol. The first kappa shape index (κ1) is 12.5. The minimum Gasteiger partial charge on any atom is -0.350 e. The molecule has 0 aromatic rings. The molecule has 1 aliphatic rings. The van der Waals surface area contributed by atoms with E-state index < -0.39 is 6.03 Å². The van der Waals surface area contributed by atoms with Crippen LogP contribution >= 0.6 is 0 Å². The van der Waals surface area contributed by atoms with Crippen molar-refractivity contribution in [3.8, 4) is 0 Å². The maximum Gasteiger partial charge on any atom is 0.325 e. The Hall–Kier alpha value is -1.59. The summed E-state index contributed by atoms with van der Waals surface area (Å²) in [5.74, 6) is -0.621. The van der Waals surface area contributed by atoms with Gasteiger partial charge in [-0.2, -0.15) is 0 Å². The van der Waals surface area contributed by atoms with Crippen LogP contribution in [0.3, 0.4) is 0 Å². The van der Waals surface area contributed by atoms with Gasteiger partial charge in [-0.15, -0.1) is 0 Å². The lowest BCUT2D eigenvalue weighted by Crippen LogP contribution is -2.47. The number of urea groups is 1. The Morgan fingerprint density at radius 2 is 2.12 bits per heavy atom. The first-order valence-corrected chi connectivity index (χ1v) is 5.24. The quantitative estimate of drug-likeness (QED) is 0.655. The number of hydrogen-bond acceptors (Lipinski definition) is 3. The van der Waals surface area contributed by atoms with Gasteiger partial charge in [-0.1, -0.05) is 6.92 Å². The van der Waals surface area contributed by atoms with Gasteiger partial charge >= 0.3 is 6.03 Å². The molecular weight excluding hydrogens is 210 g/mol. The second kappa shape index (κ2) is 4.51. The number of carbonyl (C=O) groups excluding carboxylic acids is 3. The number of hydrogen-bond donors (Lipinski definition) is 2. The molecule has 90 valence electrons. The summed E-state index contributed by atoms with van der Waals surface area (Å²) in [5.41, 5.74) is -0.294. The molecule has 0 unspecified atom stereocenters. The Morgan fingerprint density at radius 3 is 2.56 bits per heavy atom. The Labute approximate surface area is 94.4 Å². The van der Waals surface area contributed by atoms with Crippen LogP contribution < -0.4 is 10.6 Å². The third kappa shape index (κ3) is 3.22. The molecule has 0 aliphatic carbocycles. The van der Waals surface area contributed by atoms with Crippen molar-refractivity contribution in [2.24, 2.45) is 0 Å². The highest BCUT2D eigenvalue weighted by Crippen LogP contribution is 2.07. The van der Waals surface area contributed by atoms with Crippen LogP contribution in [0.1, 0.15) is 27.2 Å². The predicted octanol–water partition coefficient (Wildman–Crippen LogP) is -0.157. The van der Waals surface area contributed by atoms with Crippen molar-refractivity contribution in [3.63, 3.8) is 0 Å². The highest BCUT2D eigenvalue weighted by Gasteiger charge is 2.29. The van der Waals surface area contributed by atoms with E-state index in [1.54, 1.807) is 0 Å². The van der Waals surface area contributed by atoms with Crippen LogP contribution in [0, 0.1) is 0 Å². The summed E-state index contributed by atoms with van der Waals surface area (Å²) < 4.78 is 0. The molecule has 0 bridgehead atoms. The van der Waals surface area contributed by atoms with Crippen LogP contribution in [0.15, 0.2) is 0 Å². The van der Waals surface area contributed by atoms with Gasteiger partial charge in [-0.25, -0.2) is 4.79 Å². The fourth-order valence-electron chi connectivity index (χ4n) is 1.29. The summed E-state index contributed by atoms with van der Waals surface area (Å²) in [6.45, 7) is 5.65. The van der Waals surface area contributed by atoms with E-state index in [0.717, 1.165) is 6.42 Å². The fourth-order valence-corrected chi connectivity index (χ4v) is 1.29. The molecule has 0 radical (unpaired) electrons. The van der Waals surface area contributed by atoms with Crippen LogP contribution in [0.4, 0.5) is 4.79 Å². The SMILES string of the molecule is CCC(C)(C)NC(=O)CN1CC(=O)NC1=O. The van der Waals surface area contributed by atoms with Crippen LogP contribution in [0.2, 0.25) is 0 Å². The van der Waals surface area contributed by atoms with E-state index >= 15 is 0 Å². The summed E-state index contributed by atoms with van der Waals surface area (Å²) in [6.07, 6.45) is 0.796. The maximum atomic E-state index is 11.6. The van der Waals surface area contributed by atoms with Crippen molar-refractivity contribution in [1.82, 2.24) is 15.5 Å². The molecule has 1 aliphatic heterocycles. The molecule has 0 spiro atoms. The van der Waals surface area contributed by atoms with E-state index in [1.165, 1.54) is 4.90 Å². The van der Waals surface area contributed by atoms with Crippen molar-refractivity contribution in [2.45, 2.75) is 32.7 Å². The molecule has 0 aromatic carbocycles. The number of amides is 4. The number of imide groups is 1. The molecule has 2 N–H and O–H groups in total. The molecule has 4 amide bonds. The fraction of sp³-hybridized carbons (Fsp3) is 0.700. The minimum atomic E-state index is -0.505. The summed E-state index contributed by atoms with van der Waals surface area (Å²) >= 11 is 0. The molecule has 6 nitrogen and oxygen atoms in total. The van der Waals surface area contributed by atoms with Crippen LogP contribution in [-0.2, 0) is 9.59 Å². The second-order valence-electron chi connectivity index (χ2n) is 4.50. The first-order chi connectivity index (χ1) is 7.34. The summed E-state index contributed by atoms with van der Waals surface area (Å²) in [6, 6.07) is -0.505. The van der Waals surface area contributed by atoms with Crippen molar-refractivity contribution < 1.29 is 14.4 Å². The smallest absolute Gasteiger partial charge is 0.325 e. The Morgan fingerprint density at radius 1 is 1.50 bits per heavy atom. The summed E-state index contributed by atoms with van der Waals surface area (Å²) in [7, 11) is 0. The molecule has 0 atom stereocenters. The number of rotatable bonds is 4. The van der Waals surface area contributed by atoms with Gasteiger partial charge in [0.25, 0.3) is 0 Å². The van der Waals surface area contributed by atoms with Gasteiger partial charge in [0.2, 0.25) is 11.8 Å². The normalized spacial score (nSPS) is 16.3. The summed E-state index contributed by atoms with van der Waals surface area (Å²) in [5, 5.41) is 4.91. The minimum absolute atomic E-state index is 0.0429. The molecule has 0 saturated carbocycles. The van der Waals surface area contributed by atoms with Gasteiger partial charge in [0.15, 0.2) is 0 Å². The van der Waals surface area contributed by atoms with Crippen molar-refractivity contribution in [1.29, 1.82) is 0 Å². The van der Waals surface area contributed by atoms with E-state index in [-0.39, 0.29) is 30.4 Å². The number of carbonyl (C=O) groups is 3. The Bertz CT molecular complexity index is 325. The molecule has 1 saturated heterocycles. The van der Waals surface area contributed by atoms with E-state index in [2.05, 4.69) is 10.6 Å². The molecule has 16 heavy (non-hydrogen) atoms. The van der Waals surface area contributed by atoms with Gasteiger partial charge in [-0.05, 0) is 20.3 Å². The average Bonchev–Trinajstić information content (AvgIpc) is 2.44. The zero-order valence-electron chi connectivity index (χ0n) is 9.79. The molecule has 0 aromatic heterocycles. The van der Waals surface area contributed by atoms with Crippen molar-refractivity contribution in [2.75, 3.05) is 13.1 Å². The average molecular weight is 227 g/mol. The van der Waals surface area contributed by atoms with Gasteiger partial charge in [0, 0.05) is 5.54 Å². The van der Waals surface area contributed by atoms with Crippen LogP contribution in [0.5, 0.6) is 0 Å². The molecular formula is C10H17N3O3. The lowest BCUT2D eigenvalue weighted by Gasteiger charge is -2.25. The highest BCUT2D eigenvalue weighted by molar-refractivity contribution is 6.03. The zero-order chi connectivity index (χ0) is 12.3. The van der Waals surface area contributed by atoms with E-state index in [0.29, 0.717) is 0 Å². The predicted molar refractivity (Wildman–Crippen MR) is 57.6 cm³/mol. The molecule has 6 heteroatoms. The standard InChI is InChI=1S/C10H17N3O3/c1-4-10(2,3)12-8(15)6-13-5-7(14)11-9(13)16/h4-6H2,1-3H3,(H,12,15)(H,11,14,16). The van der Waals surface area contributed by atoms with Crippen LogP contribution in [-0.4, -0.2) is 41.4 Å². The van der Waals surface area contributed by atoms with Gasteiger partial charge in [0.05, 0.1) is 0 Å². The zero-order valence-corrected chi connectivity index (χ0v) is 9.79. The molecule has 1 fully saturated rings. The first-order valence-electron chi connectivity index (χ1n) is 5.24. The van der Waals surface area contributed by atoms with Gasteiger partial charge in [-0.3, -0.25) is 14.9 Å². The van der Waals surface area contributed by atoms with Gasteiger partial charge in [0.1, 0.15) is 13.1 Å². The van der Waals surface area contributed by atoms with Crippen molar-refractivity contribution >= 4 is 17.8 Å². The number of nitrogens with one attached hydrogen (secondary N) is 2. The third-order valence-corrected chi connectivity index (χ3v) is 2.56. The van der Waals surface area contributed by atoms with Gasteiger partial charge < -0.3 is 10.2 Å². The Kier molecular flexibility index (Phi) is 3.51. The lowest BCUT2D eigenvalue weighted by atomic mass is 10.0. The van der Waals surface area contributed by atoms with E-state index in [4.69, 9.17) is 0 Å². The van der Waals surface area contributed by atoms with E-state index in [9.17, 15) is 14.4 Å².